The molecule has 7 nitrogen and oxygen atoms in total. The smallest absolute Gasteiger partial charge is 0.262 e. The van der Waals surface area contributed by atoms with Gasteiger partial charge in [0.25, 0.3) is 5.56 Å². The van der Waals surface area contributed by atoms with Gasteiger partial charge in [0, 0.05) is 37.0 Å². The minimum absolute atomic E-state index is 0.104. The second kappa shape index (κ2) is 8.35. The first kappa shape index (κ1) is 19.8. The number of carbonyl (C=O) groups excluding carboxylic acids is 2. The van der Waals surface area contributed by atoms with Gasteiger partial charge < -0.3 is 10.6 Å². The molecule has 0 unspecified atom stereocenters. The Morgan fingerprint density at radius 3 is 2.57 bits per heavy atom. The Kier molecular flexibility index (Phi) is 5.89. The minimum atomic E-state index is -0.142. The number of hydrogen-bond donors (Lipinski definition) is 2. The molecule has 0 aliphatic heterocycles. The topological polar surface area (TPSA) is 93.1 Å². The van der Waals surface area contributed by atoms with Gasteiger partial charge in [0.05, 0.1) is 11.7 Å². The number of thiophene rings is 1. The van der Waals surface area contributed by atoms with E-state index in [1.54, 1.807) is 12.1 Å². The van der Waals surface area contributed by atoms with E-state index in [0.29, 0.717) is 17.6 Å². The van der Waals surface area contributed by atoms with E-state index in [2.05, 4.69) is 15.6 Å². The molecule has 0 aliphatic rings. The molecule has 0 saturated heterocycles. The highest BCUT2D eigenvalue weighted by Gasteiger charge is 2.12. The number of anilines is 1. The van der Waals surface area contributed by atoms with E-state index in [0.717, 1.165) is 20.8 Å². The van der Waals surface area contributed by atoms with Crippen LogP contribution in [0, 0.1) is 13.8 Å². The summed E-state index contributed by atoms with van der Waals surface area (Å²) in [6.07, 6.45) is 1.70. The lowest BCUT2D eigenvalue weighted by Crippen LogP contribution is -2.27. The van der Waals surface area contributed by atoms with Gasteiger partial charge in [-0.3, -0.25) is 19.0 Å². The van der Waals surface area contributed by atoms with Crippen molar-refractivity contribution in [2.24, 2.45) is 0 Å². The largest absolute Gasteiger partial charge is 0.352 e. The summed E-state index contributed by atoms with van der Waals surface area (Å²) in [6, 6.07) is 7.26. The fraction of sp³-hybridized carbons (Fsp3) is 0.300. The monoisotopic (exact) mass is 398 g/mol. The van der Waals surface area contributed by atoms with Gasteiger partial charge in [-0.25, -0.2) is 4.98 Å². The van der Waals surface area contributed by atoms with Gasteiger partial charge >= 0.3 is 0 Å². The zero-order valence-electron chi connectivity index (χ0n) is 16.0. The second-order valence-corrected chi connectivity index (χ2v) is 7.81. The van der Waals surface area contributed by atoms with Crippen LogP contribution < -0.4 is 16.2 Å². The summed E-state index contributed by atoms with van der Waals surface area (Å²) in [5, 5.41) is 6.18. The number of amides is 2. The van der Waals surface area contributed by atoms with Crippen LogP contribution in [-0.4, -0.2) is 21.4 Å². The molecule has 0 bridgehead atoms. The molecule has 0 saturated carbocycles. The van der Waals surface area contributed by atoms with E-state index < -0.39 is 0 Å². The average molecular weight is 398 g/mol. The van der Waals surface area contributed by atoms with Crippen LogP contribution >= 0.6 is 11.3 Å². The highest BCUT2D eigenvalue weighted by molar-refractivity contribution is 7.18. The summed E-state index contributed by atoms with van der Waals surface area (Å²) in [6.45, 7) is 6.01. The number of nitrogens with one attached hydrogen (secondary N) is 2. The SMILES string of the molecule is CC(=O)Nc1ccc(CNC(=O)CCn2cnc3sc(C)c(C)c3c2=O)cc1. The highest BCUT2D eigenvalue weighted by atomic mass is 32.1. The first-order chi connectivity index (χ1) is 13.3. The molecule has 3 rings (SSSR count). The molecule has 0 fully saturated rings. The molecule has 0 radical (unpaired) electrons. The molecule has 3 aromatic rings. The van der Waals surface area contributed by atoms with Gasteiger partial charge in [-0.2, -0.15) is 0 Å². The van der Waals surface area contributed by atoms with Crippen molar-refractivity contribution in [1.29, 1.82) is 0 Å². The highest BCUT2D eigenvalue weighted by Crippen LogP contribution is 2.25. The van der Waals surface area contributed by atoms with Crippen LogP contribution in [0.3, 0.4) is 0 Å². The third-order valence-corrected chi connectivity index (χ3v) is 5.61. The number of rotatable bonds is 6. The molecule has 146 valence electrons. The van der Waals surface area contributed by atoms with Crippen LogP contribution in [0.1, 0.15) is 29.3 Å². The summed E-state index contributed by atoms with van der Waals surface area (Å²) >= 11 is 1.51. The molecule has 8 heteroatoms. The fourth-order valence-corrected chi connectivity index (χ4v) is 3.84. The maximum Gasteiger partial charge on any atom is 0.262 e. The summed E-state index contributed by atoms with van der Waals surface area (Å²) in [5.74, 6) is -0.270. The van der Waals surface area contributed by atoms with Crippen molar-refractivity contribution < 1.29 is 9.59 Å². The summed E-state index contributed by atoms with van der Waals surface area (Å²) in [4.78, 5) is 42.0. The molecule has 2 amide bonds. The molecule has 2 N–H and O–H groups in total. The zero-order valence-corrected chi connectivity index (χ0v) is 16.9. The fourth-order valence-electron chi connectivity index (χ4n) is 2.85. The molecular weight excluding hydrogens is 376 g/mol. The van der Waals surface area contributed by atoms with Gasteiger partial charge in [0.2, 0.25) is 11.8 Å². The third kappa shape index (κ3) is 4.45. The molecule has 28 heavy (non-hydrogen) atoms. The quantitative estimate of drug-likeness (QED) is 0.668. The molecule has 2 aromatic heterocycles. The number of fused-ring (bicyclic) bond motifs is 1. The maximum absolute atomic E-state index is 12.6. The van der Waals surface area contributed by atoms with E-state index in [-0.39, 0.29) is 30.3 Å². The standard InChI is InChI=1S/C20H22N4O3S/c1-12-13(2)28-19-18(12)20(27)24(11-22-19)9-8-17(26)21-10-15-4-6-16(7-5-15)23-14(3)25/h4-7,11H,8-10H2,1-3H3,(H,21,26)(H,23,25). The van der Waals surface area contributed by atoms with Crippen molar-refractivity contribution in [3.05, 3.63) is 57.0 Å². The average Bonchev–Trinajstić information content (AvgIpc) is 2.95. The summed E-state index contributed by atoms with van der Waals surface area (Å²) in [5.41, 5.74) is 2.49. The second-order valence-electron chi connectivity index (χ2n) is 6.61. The van der Waals surface area contributed by atoms with E-state index in [1.165, 1.54) is 29.2 Å². The first-order valence-corrected chi connectivity index (χ1v) is 9.75. The Balaban J connectivity index is 1.56. The van der Waals surface area contributed by atoms with Crippen LogP contribution in [0.2, 0.25) is 0 Å². The molecule has 1 aromatic carbocycles. The lowest BCUT2D eigenvalue weighted by Gasteiger charge is -2.08. The van der Waals surface area contributed by atoms with Gasteiger partial charge in [-0.1, -0.05) is 12.1 Å². The molecule has 2 heterocycles. The van der Waals surface area contributed by atoms with E-state index in [1.807, 2.05) is 26.0 Å². The van der Waals surface area contributed by atoms with Crippen molar-refractivity contribution in [3.63, 3.8) is 0 Å². The Bertz CT molecular complexity index is 1080. The molecule has 0 spiro atoms. The van der Waals surface area contributed by atoms with E-state index >= 15 is 0 Å². The lowest BCUT2D eigenvalue weighted by atomic mass is 10.2. The molecule has 0 aliphatic carbocycles. The number of aromatic nitrogens is 2. The van der Waals surface area contributed by atoms with Crippen LogP contribution in [0.4, 0.5) is 5.69 Å². The Morgan fingerprint density at radius 1 is 1.18 bits per heavy atom. The number of nitrogens with zero attached hydrogens (tertiary/aromatic N) is 2. The van der Waals surface area contributed by atoms with Crippen LogP contribution in [0.25, 0.3) is 10.2 Å². The molecular formula is C20H22N4O3S. The Hall–Kier alpha value is -3.00. The van der Waals surface area contributed by atoms with Gasteiger partial charge in [0.15, 0.2) is 0 Å². The summed E-state index contributed by atoms with van der Waals surface area (Å²) < 4.78 is 1.49. The number of benzene rings is 1. The van der Waals surface area contributed by atoms with Crippen LogP contribution in [-0.2, 0) is 22.7 Å². The normalized spacial score (nSPS) is 10.8. The minimum Gasteiger partial charge on any atom is -0.352 e. The summed E-state index contributed by atoms with van der Waals surface area (Å²) in [7, 11) is 0. The van der Waals surface area contributed by atoms with Crippen molar-refractivity contribution in [3.8, 4) is 0 Å². The predicted molar refractivity (Wildman–Crippen MR) is 111 cm³/mol. The van der Waals surface area contributed by atoms with E-state index in [4.69, 9.17) is 0 Å². The zero-order chi connectivity index (χ0) is 20.3. The van der Waals surface area contributed by atoms with Crippen molar-refractivity contribution in [2.45, 2.75) is 40.3 Å². The predicted octanol–water partition coefficient (Wildman–Crippen LogP) is 2.74. The van der Waals surface area contributed by atoms with Crippen molar-refractivity contribution in [1.82, 2.24) is 14.9 Å². The number of hydrogen-bond acceptors (Lipinski definition) is 5. The maximum atomic E-state index is 12.6. The van der Waals surface area contributed by atoms with Gasteiger partial charge in [-0.15, -0.1) is 11.3 Å². The Morgan fingerprint density at radius 2 is 1.89 bits per heavy atom. The lowest BCUT2D eigenvalue weighted by molar-refractivity contribution is -0.121. The van der Waals surface area contributed by atoms with Crippen molar-refractivity contribution >= 4 is 39.1 Å². The van der Waals surface area contributed by atoms with Crippen LogP contribution in [0.15, 0.2) is 35.4 Å². The number of carbonyl (C=O) groups is 2. The number of aryl methyl sites for hydroxylation is 3. The van der Waals surface area contributed by atoms with Crippen LogP contribution in [0.5, 0.6) is 0 Å². The van der Waals surface area contributed by atoms with Gasteiger partial charge in [-0.05, 0) is 37.1 Å². The van der Waals surface area contributed by atoms with Crippen molar-refractivity contribution in [2.75, 3.05) is 5.32 Å². The van der Waals surface area contributed by atoms with Gasteiger partial charge in [0.1, 0.15) is 4.83 Å². The third-order valence-electron chi connectivity index (χ3n) is 4.50. The Labute approximate surface area is 166 Å². The first-order valence-electron chi connectivity index (χ1n) is 8.93. The molecule has 0 atom stereocenters. The van der Waals surface area contributed by atoms with E-state index in [9.17, 15) is 14.4 Å².